The zero-order chi connectivity index (χ0) is 19.4. The monoisotopic (exact) mass is 356 g/mol. The number of Topliss-reactive ketones (excluding diaryl/α,β-unsaturated/α-hetero) is 1. The Balaban J connectivity index is 2.20. The lowest BCUT2D eigenvalue weighted by Crippen LogP contribution is -2.36. The van der Waals surface area contributed by atoms with Gasteiger partial charge in [-0.1, -0.05) is 0 Å². The highest BCUT2D eigenvalue weighted by atomic mass is 19.1. The Labute approximate surface area is 149 Å². The highest BCUT2D eigenvalue weighted by Crippen LogP contribution is 2.16. The third-order valence-electron chi connectivity index (χ3n) is 3.47. The lowest BCUT2D eigenvalue weighted by atomic mass is 10.2. The number of benzene rings is 1. The topological polar surface area (TPSA) is 104 Å². The summed E-state index contributed by atoms with van der Waals surface area (Å²) in [6, 6.07) is 6.39. The molecule has 0 aliphatic carbocycles. The van der Waals surface area contributed by atoms with Crippen molar-refractivity contribution in [3.05, 3.63) is 53.1 Å². The highest BCUT2D eigenvalue weighted by molar-refractivity contribution is 6.42. The second-order valence-corrected chi connectivity index (χ2v) is 5.94. The molecule has 1 aromatic carbocycles. The quantitative estimate of drug-likeness (QED) is 0.631. The molecule has 0 unspecified atom stereocenters. The van der Waals surface area contributed by atoms with Crippen LogP contribution in [0.15, 0.2) is 30.5 Å². The molecule has 0 aliphatic rings. The van der Waals surface area contributed by atoms with E-state index in [-0.39, 0.29) is 28.6 Å². The minimum atomic E-state index is -0.759. The average Bonchev–Trinajstić information content (AvgIpc) is 2.97. The number of nitriles is 1. The van der Waals surface area contributed by atoms with Crippen molar-refractivity contribution in [3.8, 4) is 6.07 Å². The van der Waals surface area contributed by atoms with Crippen LogP contribution in [0.5, 0.6) is 0 Å². The second kappa shape index (κ2) is 7.61. The number of nitrogens with zero attached hydrogens (tertiary/aromatic N) is 2. The van der Waals surface area contributed by atoms with Gasteiger partial charge in [0.15, 0.2) is 0 Å². The van der Waals surface area contributed by atoms with E-state index in [1.54, 1.807) is 27.0 Å². The summed E-state index contributed by atoms with van der Waals surface area (Å²) in [6.07, 6.45) is 1.40. The van der Waals surface area contributed by atoms with Crippen molar-refractivity contribution < 1.29 is 18.8 Å². The smallest absolute Gasteiger partial charge is 0.294 e. The number of hydrogen-bond donors (Lipinski definition) is 2. The van der Waals surface area contributed by atoms with Gasteiger partial charge in [-0.15, -0.1) is 0 Å². The first kappa shape index (κ1) is 18.9. The summed E-state index contributed by atoms with van der Waals surface area (Å²) in [4.78, 5) is 36.3. The molecule has 0 fully saturated rings. The molecule has 26 heavy (non-hydrogen) atoms. The molecule has 0 radical (unpaired) electrons. The lowest BCUT2D eigenvalue weighted by molar-refractivity contribution is -0.117. The normalized spacial score (nSPS) is 10.3. The molecule has 1 heterocycles. The van der Waals surface area contributed by atoms with Crippen molar-refractivity contribution in [1.82, 2.24) is 9.88 Å². The van der Waals surface area contributed by atoms with Crippen LogP contribution >= 0.6 is 0 Å². The molecular formula is C18H17FN4O3. The summed E-state index contributed by atoms with van der Waals surface area (Å²) in [7, 11) is 1.54. The molecule has 2 rings (SSSR count). The predicted molar refractivity (Wildman–Crippen MR) is 92.1 cm³/mol. The van der Waals surface area contributed by atoms with Gasteiger partial charge in [-0.2, -0.15) is 5.26 Å². The molecule has 0 spiro atoms. The summed E-state index contributed by atoms with van der Waals surface area (Å²) in [6.45, 7) is 3.46. The van der Waals surface area contributed by atoms with Crippen molar-refractivity contribution in [2.75, 3.05) is 5.32 Å². The highest BCUT2D eigenvalue weighted by Gasteiger charge is 2.22. The Morgan fingerprint density at radius 2 is 1.92 bits per heavy atom. The molecular weight excluding hydrogens is 339 g/mol. The summed E-state index contributed by atoms with van der Waals surface area (Å²) in [5.74, 6) is -2.76. The van der Waals surface area contributed by atoms with Gasteiger partial charge in [0.05, 0.1) is 16.8 Å². The van der Waals surface area contributed by atoms with E-state index in [0.717, 1.165) is 6.07 Å². The van der Waals surface area contributed by atoms with Gasteiger partial charge in [-0.05, 0) is 38.1 Å². The van der Waals surface area contributed by atoms with Crippen molar-refractivity contribution in [3.63, 3.8) is 0 Å². The maximum atomic E-state index is 13.3. The molecule has 7 nitrogen and oxygen atoms in total. The van der Waals surface area contributed by atoms with E-state index in [1.807, 2.05) is 0 Å². The molecule has 0 saturated carbocycles. The number of aromatic nitrogens is 1. The maximum absolute atomic E-state index is 13.3. The Morgan fingerprint density at radius 1 is 1.23 bits per heavy atom. The van der Waals surface area contributed by atoms with Crippen LogP contribution in [0.2, 0.25) is 0 Å². The molecule has 1 aromatic heterocycles. The van der Waals surface area contributed by atoms with Crippen molar-refractivity contribution in [1.29, 1.82) is 5.26 Å². The van der Waals surface area contributed by atoms with E-state index in [9.17, 15) is 18.8 Å². The molecule has 0 bridgehead atoms. The fourth-order valence-electron chi connectivity index (χ4n) is 2.25. The molecule has 134 valence electrons. The summed E-state index contributed by atoms with van der Waals surface area (Å²) in [5, 5.41) is 13.8. The first-order valence-electron chi connectivity index (χ1n) is 7.75. The van der Waals surface area contributed by atoms with E-state index in [4.69, 9.17) is 5.26 Å². The number of halogens is 1. The van der Waals surface area contributed by atoms with Gasteiger partial charge in [0.2, 0.25) is 0 Å². The van der Waals surface area contributed by atoms with Gasteiger partial charge in [-0.3, -0.25) is 14.4 Å². The van der Waals surface area contributed by atoms with Gasteiger partial charge in [0.1, 0.15) is 11.9 Å². The molecule has 2 N–H and O–H groups in total. The number of carbonyl (C=O) groups is 3. The second-order valence-electron chi connectivity index (χ2n) is 5.94. The van der Waals surface area contributed by atoms with Crippen LogP contribution in [0.1, 0.15) is 40.3 Å². The van der Waals surface area contributed by atoms with Crippen LogP contribution in [0.25, 0.3) is 0 Å². The maximum Gasteiger partial charge on any atom is 0.294 e. The molecule has 8 heteroatoms. The zero-order valence-corrected chi connectivity index (χ0v) is 14.5. The van der Waals surface area contributed by atoms with E-state index in [2.05, 4.69) is 10.6 Å². The van der Waals surface area contributed by atoms with Gasteiger partial charge in [-0.25, -0.2) is 4.39 Å². The van der Waals surface area contributed by atoms with Gasteiger partial charge in [0.25, 0.3) is 17.6 Å². The SMILES string of the molecule is CC(C)NC(=O)C(=O)c1cc(C(=O)Nc2ccc(F)c(C#N)c2)cn1C. The van der Waals surface area contributed by atoms with Crippen molar-refractivity contribution >= 4 is 23.3 Å². The van der Waals surface area contributed by atoms with E-state index >= 15 is 0 Å². The number of carbonyl (C=O) groups excluding carboxylic acids is 3. The minimum Gasteiger partial charge on any atom is -0.347 e. The van der Waals surface area contributed by atoms with Gasteiger partial charge >= 0.3 is 0 Å². The fourth-order valence-corrected chi connectivity index (χ4v) is 2.25. The van der Waals surface area contributed by atoms with Crippen LogP contribution in [-0.2, 0) is 11.8 Å². The van der Waals surface area contributed by atoms with Crippen LogP contribution in [0.3, 0.4) is 0 Å². The number of anilines is 1. The molecule has 0 atom stereocenters. The Kier molecular flexibility index (Phi) is 5.52. The number of rotatable bonds is 5. The van der Waals surface area contributed by atoms with Gasteiger partial charge < -0.3 is 15.2 Å². The van der Waals surface area contributed by atoms with E-state index in [0.29, 0.717) is 0 Å². The number of ketones is 1. The van der Waals surface area contributed by atoms with Crippen LogP contribution in [0, 0.1) is 17.1 Å². The van der Waals surface area contributed by atoms with Crippen molar-refractivity contribution in [2.45, 2.75) is 19.9 Å². The Morgan fingerprint density at radius 3 is 2.54 bits per heavy atom. The van der Waals surface area contributed by atoms with Crippen LogP contribution in [0.4, 0.5) is 10.1 Å². The molecule has 0 aliphatic heterocycles. The van der Waals surface area contributed by atoms with E-state index in [1.165, 1.54) is 29.0 Å². The molecule has 2 aromatic rings. The summed E-state index contributed by atoms with van der Waals surface area (Å²) in [5.41, 5.74) is 0.250. The minimum absolute atomic E-state index is 0.0603. The van der Waals surface area contributed by atoms with E-state index < -0.39 is 23.4 Å². The fraction of sp³-hybridized carbons (Fsp3) is 0.222. The number of aryl methyl sites for hydroxylation is 1. The molecule has 2 amide bonds. The Hall–Kier alpha value is -3.47. The van der Waals surface area contributed by atoms with Gasteiger partial charge in [0, 0.05) is 25.0 Å². The average molecular weight is 356 g/mol. The number of hydrogen-bond acceptors (Lipinski definition) is 4. The first-order valence-corrected chi connectivity index (χ1v) is 7.75. The molecule has 0 saturated heterocycles. The zero-order valence-electron chi connectivity index (χ0n) is 14.5. The van der Waals surface area contributed by atoms with Crippen LogP contribution < -0.4 is 10.6 Å². The van der Waals surface area contributed by atoms with Crippen LogP contribution in [-0.4, -0.2) is 28.2 Å². The third-order valence-corrected chi connectivity index (χ3v) is 3.47. The number of nitrogens with one attached hydrogen (secondary N) is 2. The Bertz CT molecular complexity index is 925. The third kappa shape index (κ3) is 4.13. The largest absolute Gasteiger partial charge is 0.347 e. The lowest BCUT2D eigenvalue weighted by Gasteiger charge is -2.07. The number of amides is 2. The summed E-state index contributed by atoms with van der Waals surface area (Å²) >= 11 is 0. The predicted octanol–water partition coefficient (Wildman–Crippen LogP) is 2.00. The first-order chi connectivity index (χ1) is 12.2. The van der Waals surface area contributed by atoms with Crippen molar-refractivity contribution in [2.24, 2.45) is 7.05 Å². The standard InChI is InChI=1S/C18H17FN4O3/c1-10(2)21-18(26)16(24)15-7-12(9-23(15)3)17(25)22-13-4-5-14(19)11(6-13)8-20/h4-7,9-10H,1-3H3,(H,21,26)(H,22,25). The summed E-state index contributed by atoms with van der Waals surface area (Å²) < 4.78 is 14.7.